The lowest BCUT2D eigenvalue weighted by Crippen LogP contribution is -2.26. The maximum absolute atomic E-state index is 10.5. The van der Waals surface area contributed by atoms with E-state index in [4.69, 9.17) is 0 Å². The Morgan fingerprint density at radius 2 is 1.64 bits per heavy atom. The summed E-state index contributed by atoms with van der Waals surface area (Å²) in [7, 11) is 0. The molecule has 132 valence electrons. The van der Waals surface area contributed by atoms with E-state index in [1.54, 1.807) is 0 Å². The van der Waals surface area contributed by atoms with Crippen LogP contribution in [-0.2, 0) is 5.41 Å². The highest BCUT2D eigenvalue weighted by molar-refractivity contribution is 5.58. The van der Waals surface area contributed by atoms with E-state index in [2.05, 4.69) is 63.5 Å². The summed E-state index contributed by atoms with van der Waals surface area (Å²) in [5.41, 5.74) is 4.25. The molecule has 2 heteroatoms. The highest BCUT2D eigenvalue weighted by atomic mass is 16.3. The van der Waals surface area contributed by atoms with Gasteiger partial charge in [0.1, 0.15) is 6.10 Å². The zero-order valence-corrected chi connectivity index (χ0v) is 16.0. The highest BCUT2D eigenvalue weighted by Crippen LogP contribution is 2.34. The van der Waals surface area contributed by atoms with Gasteiger partial charge in [-0.15, -0.1) is 0 Å². The number of nitrogens with zero attached hydrogens (tertiary/aromatic N) is 1. The number of benzene rings is 2. The third-order valence-electron chi connectivity index (χ3n) is 4.38. The van der Waals surface area contributed by atoms with Gasteiger partial charge in [0.15, 0.2) is 0 Å². The van der Waals surface area contributed by atoms with Crippen LogP contribution in [0.3, 0.4) is 0 Å². The summed E-state index contributed by atoms with van der Waals surface area (Å²) in [6.45, 7) is 12.9. The molecule has 0 bridgehead atoms. The molecule has 0 saturated carbocycles. The van der Waals surface area contributed by atoms with E-state index in [9.17, 15) is 5.11 Å². The first-order chi connectivity index (χ1) is 11.9. The second-order valence-electron chi connectivity index (χ2n) is 7.24. The lowest BCUT2D eigenvalue weighted by atomic mass is 9.84. The van der Waals surface area contributed by atoms with Crippen molar-refractivity contribution in [3.63, 3.8) is 0 Å². The summed E-state index contributed by atoms with van der Waals surface area (Å²) in [6.07, 6.45) is -0.785. The number of rotatable bonds is 4. The fraction of sp³-hybridized carbons (Fsp3) is 0.391. The zero-order chi connectivity index (χ0) is 18.4. The van der Waals surface area contributed by atoms with Gasteiger partial charge in [-0.2, -0.15) is 0 Å². The minimum atomic E-state index is -0.785. The normalized spacial score (nSPS) is 12.2. The average molecular weight is 335 g/mol. The molecule has 1 N–H and O–H groups in total. The number of aliphatic hydroxyl groups is 1. The Kier molecular flexibility index (Phi) is 6.28. The predicted molar refractivity (Wildman–Crippen MR) is 107 cm³/mol. The van der Waals surface area contributed by atoms with Crippen molar-refractivity contribution < 1.29 is 5.11 Å². The van der Waals surface area contributed by atoms with Gasteiger partial charge in [0.25, 0.3) is 0 Å². The monoisotopic (exact) mass is 335 g/mol. The quantitative estimate of drug-likeness (QED) is 0.802. The molecule has 0 radical (unpaired) electrons. The fourth-order valence-electron chi connectivity index (χ4n) is 2.92. The lowest BCUT2D eigenvalue weighted by molar-refractivity contribution is 0.238. The molecule has 2 aromatic carbocycles. The Hall–Kier alpha value is -2.24. The van der Waals surface area contributed by atoms with Crippen molar-refractivity contribution in [3.05, 3.63) is 65.2 Å². The van der Waals surface area contributed by atoms with Crippen LogP contribution in [0.15, 0.2) is 48.5 Å². The van der Waals surface area contributed by atoms with Gasteiger partial charge in [-0.25, -0.2) is 0 Å². The number of aliphatic hydroxyl groups excluding tert-OH is 1. The average Bonchev–Trinajstić information content (AvgIpc) is 2.61. The summed E-state index contributed by atoms with van der Waals surface area (Å²) in [5, 5.41) is 10.5. The number of anilines is 1. The first kappa shape index (κ1) is 19.1. The summed E-state index contributed by atoms with van der Waals surface area (Å²) in [5.74, 6) is 6.01. The molecule has 2 aromatic rings. The second-order valence-corrected chi connectivity index (χ2v) is 7.24. The van der Waals surface area contributed by atoms with Crippen LogP contribution < -0.4 is 4.90 Å². The number of hydrogen-bond donors (Lipinski definition) is 1. The Bertz CT molecular complexity index is 743. The molecule has 25 heavy (non-hydrogen) atoms. The van der Waals surface area contributed by atoms with Crippen molar-refractivity contribution in [2.24, 2.45) is 0 Å². The molecule has 0 saturated heterocycles. The minimum absolute atomic E-state index is 0.000508. The summed E-state index contributed by atoms with van der Waals surface area (Å²) in [4.78, 5) is 2.35. The van der Waals surface area contributed by atoms with Crippen molar-refractivity contribution >= 4 is 5.69 Å². The van der Waals surface area contributed by atoms with Crippen molar-refractivity contribution in [2.75, 3.05) is 18.0 Å². The van der Waals surface area contributed by atoms with Crippen LogP contribution in [0.1, 0.15) is 57.4 Å². The zero-order valence-electron chi connectivity index (χ0n) is 16.0. The van der Waals surface area contributed by atoms with Crippen LogP contribution in [0, 0.1) is 11.8 Å². The second kappa shape index (κ2) is 8.23. The molecule has 0 amide bonds. The predicted octanol–water partition coefficient (Wildman–Crippen LogP) is 4.92. The van der Waals surface area contributed by atoms with E-state index in [0.717, 1.165) is 24.2 Å². The Morgan fingerprint density at radius 3 is 2.20 bits per heavy atom. The van der Waals surface area contributed by atoms with Crippen molar-refractivity contribution in [1.82, 2.24) is 0 Å². The molecule has 2 nitrogen and oxygen atoms in total. The van der Waals surface area contributed by atoms with E-state index in [0.29, 0.717) is 0 Å². The third-order valence-corrected chi connectivity index (χ3v) is 4.38. The Morgan fingerprint density at radius 1 is 1.00 bits per heavy atom. The molecule has 2 rings (SSSR count). The van der Waals surface area contributed by atoms with Gasteiger partial charge in [-0.3, -0.25) is 0 Å². The molecule has 0 heterocycles. The van der Waals surface area contributed by atoms with Crippen molar-refractivity contribution in [2.45, 2.75) is 46.1 Å². The Labute approximate surface area is 152 Å². The summed E-state index contributed by atoms with van der Waals surface area (Å²) >= 11 is 0. The molecule has 1 atom stereocenters. The van der Waals surface area contributed by atoms with E-state index in [1.165, 1.54) is 11.3 Å². The SMILES string of the molecule is CCN(CC)c1ccc(C(O)C#Cc2ccccc2)cc1C(C)(C)C. The van der Waals surface area contributed by atoms with Gasteiger partial charge < -0.3 is 10.0 Å². The smallest absolute Gasteiger partial charge is 0.140 e. The van der Waals surface area contributed by atoms with Gasteiger partial charge in [-0.05, 0) is 54.7 Å². The third kappa shape index (κ3) is 4.87. The van der Waals surface area contributed by atoms with Crippen LogP contribution in [0.5, 0.6) is 0 Å². The highest BCUT2D eigenvalue weighted by Gasteiger charge is 2.22. The van der Waals surface area contributed by atoms with Crippen molar-refractivity contribution in [3.8, 4) is 11.8 Å². The van der Waals surface area contributed by atoms with E-state index < -0.39 is 6.10 Å². The molecule has 0 aliphatic heterocycles. The fourth-order valence-corrected chi connectivity index (χ4v) is 2.92. The van der Waals surface area contributed by atoms with Gasteiger partial charge >= 0.3 is 0 Å². The first-order valence-electron chi connectivity index (χ1n) is 9.00. The maximum atomic E-state index is 10.5. The topological polar surface area (TPSA) is 23.5 Å². The number of hydrogen-bond acceptors (Lipinski definition) is 2. The van der Waals surface area contributed by atoms with E-state index in [1.807, 2.05) is 36.4 Å². The molecule has 1 unspecified atom stereocenters. The standard InChI is InChI=1S/C23H29NO/c1-6-24(7-2)21-15-14-19(17-20(21)23(3,4)5)22(25)16-13-18-11-9-8-10-12-18/h8-12,14-15,17,22,25H,6-7H2,1-5H3. The van der Waals surface area contributed by atoms with Gasteiger partial charge in [0, 0.05) is 24.3 Å². The van der Waals surface area contributed by atoms with Gasteiger partial charge in [0.05, 0.1) is 0 Å². The lowest BCUT2D eigenvalue weighted by Gasteiger charge is -2.31. The molecular formula is C23H29NO. The molecular weight excluding hydrogens is 306 g/mol. The maximum Gasteiger partial charge on any atom is 0.140 e. The first-order valence-corrected chi connectivity index (χ1v) is 9.00. The van der Waals surface area contributed by atoms with Crippen LogP contribution in [0.2, 0.25) is 0 Å². The summed E-state index contributed by atoms with van der Waals surface area (Å²) in [6, 6.07) is 16.0. The van der Waals surface area contributed by atoms with Crippen LogP contribution in [0.4, 0.5) is 5.69 Å². The van der Waals surface area contributed by atoms with Crippen LogP contribution in [0.25, 0.3) is 0 Å². The van der Waals surface area contributed by atoms with E-state index in [-0.39, 0.29) is 5.41 Å². The molecule has 0 aliphatic carbocycles. The Balaban J connectivity index is 2.38. The van der Waals surface area contributed by atoms with Crippen LogP contribution >= 0.6 is 0 Å². The van der Waals surface area contributed by atoms with Gasteiger partial charge in [0.2, 0.25) is 0 Å². The van der Waals surface area contributed by atoms with Crippen LogP contribution in [-0.4, -0.2) is 18.2 Å². The van der Waals surface area contributed by atoms with Gasteiger partial charge in [-0.1, -0.05) is 56.9 Å². The largest absolute Gasteiger partial charge is 0.376 e. The van der Waals surface area contributed by atoms with Crippen molar-refractivity contribution in [1.29, 1.82) is 0 Å². The molecule has 0 aromatic heterocycles. The molecule has 0 aliphatic rings. The summed E-state index contributed by atoms with van der Waals surface area (Å²) < 4.78 is 0. The molecule has 0 spiro atoms. The van der Waals surface area contributed by atoms with E-state index >= 15 is 0 Å². The minimum Gasteiger partial charge on any atom is -0.376 e. The molecule has 0 fully saturated rings.